The van der Waals surface area contributed by atoms with Crippen molar-refractivity contribution >= 4 is 23.4 Å². The number of aryl methyl sites for hydroxylation is 1. The van der Waals surface area contributed by atoms with Crippen LogP contribution >= 0.6 is 11.6 Å². The molecule has 1 aromatic carbocycles. The molecule has 0 bridgehead atoms. The third kappa shape index (κ3) is 4.79. The predicted molar refractivity (Wildman–Crippen MR) is 87.2 cm³/mol. The number of amides is 2. The van der Waals surface area contributed by atoms with Gasteiger partial charge in [0, 0.05) is 29.5 Å². The fourth-order valence-corrected chi connectivity index (χ4v) is 2.19. The second-order valence-corrected chi connectivity index (χ2v) is 6.07. The van der Waals surface area contributed by atoms with Crippen LogP contribution in [0.2, 0.25) is 5.02 Å². The van der Waals surface area contributed by atoms with Gasteiger partial charge in [0.2, 0.25) is 23.5 Å². The van der Waals surface area contributed by atoms with Crippen LogP contribution in [0.15, 0.2) is 28.8 Å². The van der Waals surface area contributed by atoms with Gasteiger partial charge in [0.15, 0.2) is 0 Å². The fourth-order valence-electron chi connectivity index (χ4n) is 2.07. The lowest BCUT2D eigenvalue weighted by atomic mass is 10.2. The van der Waals surface area contributed by atoms with Gasteiger partial charge in [-0.05, 0) is 37.1 Å². The average molecular weight is 349 g/mol. The van der Waals surface area contributed by atoms with E-state index in [0.29, 0.717) is 29.2 Å². The van der Waals surface area contributed by atoms with E-state index in [1.807, 2.05) is 0 Å². The fraction of sp³-hybridized carbons (Fsp3) is 0.375. The van der Waals surface area contributed by atoms with E-state index in [2.05, 4.69) is 20.8 Å². The first-order valence-corrected chi connectivity index (χ1v) is 8.12. The Labute approximate surface area is 143 Å². The summed E-state index contributed by atoms with van der Waals surface area (Å²) in [6.07, 6.45) is 2.54. The van der Waals surface area contributed by atoms with Gasteiger partial charge < -0.3 is 15.2 Å². The zero-order chi connectivity index (χ0) is 16.9. The van der Waals surface area contributed by atoms with E-state index in [-0.39, 0.29) is 24.8 Å². The highest BCUT2D eigenvalue weighted by atomic mass is 35.5. The minimum Gasteiger partial charge on any atom is -0.352 e. The quantitative estimate of drug-likeness (QED) is 0.794. The Hall–Kier alpha value is -2.41. The third-order valence-electron chi connectivity index (χ3n) is 3.53. The molecule has 0 unspecified atom stereocenters. The van der Waals surface area contributed by atoms with Crippen molar-refractivity contribution in [1.29, 1.82) is 0 Å². The minimum absolute atomic E-state index is 0.00477. The van der Waals surface area contributed by atoms with Crippen molar-refractivity contribution in [3.63, 3.8) is 0 Å². The Bertz CT molecular complexity index is 725. The molecule has 2 aromatic rings. The van der Waals surface area contributed by atoms with Crippen LogP contribution in [-0.2, 0) is 16.0 Å². The lowest BCUT2D eigenvalue weighted by molar-refractivity contribution is -0.126. The van der Waals surface area contributed by atoms with Crippen LogP contribution in [0.4, 0.5) is 0 Å². The number of nitrogens with one attached hydrogen (secondary N) is 2. The van der Waals surface area contributed by atoms with E-state index in [9.17, 15) is 9.59 Å². The van der Waals surface area contributed by atoms with E-state index in [4.69, 9.17) is 16.1 Å². The van der Waals surface area contributed by atoms with Gasteiger partial charge in [-0.25, -0.2) is 0 Å². The Morgan fingerprint density at radius 1 is 1.21 bits per heavy atom. The van der Waals surface area contributed by atoms with E-state index in [1.54, 1.807) is 24.3 Å². The van der Waals surface area contributed by atoms with Crippen molar-refractivity contribution in [1.82, 2.24) is 20.8 Å². The van der Waals surface area contributed by atoms with Gasteiger partial charge in [-0.2, -0.15) is 4.98 Å². The lowest BCUT2D eigenvalue weighted by Crippen LogP contribution is -2.37. The summed E-state index contributed by atoms with van der Waals surface area (Å²) in [5.74, 6) is 0.435. The second-order valence-electron chi connectivity index (χ2n) is 5.64. The van der Waals surface area contributed by atoms with E-state index in [1.165, 1.54) is 0 Å². The van der Waals surface area contributed by atoms with Crippen molar-refractivity contribution in [2.45, 2.75) is 31.7 Å². The first-order valence-electron chi connectivity index (χ1n) is 7.75. The highest BCUT2D eigenvalue weighted by Gasteiger charge is 2.23. The van der Waals surface area contributed by atoms with Crippen LogP contribution in [0.3, 0.4) is 0 Å². The van der Waals surface area contributed by atoms with Gasteiger partial charge in [0.1, 0.15) is 0 Å². The molecule has 0 spiro atoms. The van der Waals surface area contributed by atoms with Crippen LogP contribution in [0.25, 0.3) is 11.4 Å². The van der Waals surface area contributed by atoms with Gasteiger partial charge in [-0.3, -0.25) is 9.59 Å². The lowest BCUT2D eigenvalue weighted by Gasteiger charge is -2.04. The highest BCUT2D eigenvalue weighted by molar-refractivity contribution is 6.30. The first kappa shape index (κ1) is 16.4. The zero-order valence-corrected chi connectivity index (χ0v) is 13.7. The molecule has 2 N–H and O–H groups in total. The van der Waals surface area contributed by atoms with Gasteiger partial charge in [0.25, 0.3) is 0 Å². The van der Waals surface area contributed by atoms with E-state index >= 15 is 0 Å². The molecule has 0 aliphatic heterocycles. The maximum atomic E-state index is 11.7. The molecule has 24 heavy (non-hydrogen) atoms. The SMILES string of the molecule is O=C(CCc1nc(-c2ccc(Cl)cc2)no1)NCC(=O)NC1CC1. The highest BCUT2D eigenvalue weighted by Crippen LogP contribution is 2.19. The Morgan fingerprint density at radius 2 is 1.96 bits per heavy atom. The summed E-state index contributed by atoms with van der Waals surface area (Å²) < 4.78 is 5.13. The van der Waals surface area contributed by atoms with Crippen molar-refractivity contribution in [2.24, 2.45) is 0 Å². The van der Waals surface area contributed by atoms with Crippen molar-refractivity contribution in [2.75, 3.05) is 6.54 Å². The summed E-state index contributed by atoms with van der Waals surface area (Å²) in [5.41, 5.74) is 0.788. The summed E-state index contributed by atoms with van der Waals surface area (Å²) in [6, 6.07) is 7.36. The molecule has 1 aromatic heterocycles. The molecule has 2 amide bonds. The average Bonchev–Trinajstić information content (AvgIpc) is 3.25. The standard InChI is InChI=1S/C16H17ClN4O3/c17-11-3-1-10(2-4-11)16-20-15(24-21-16)8-7-13(22)18-9-14(23)19-12-5-6-12/h1-4,12H,5-9H2,(H,18,22)(H,19,23). The van der Waals surface area contributed by atoms with Gasteiger partial charge in [-0.1, -0.05) is 16.8 Å². The molecule has 0 radical (unpaired) electrons. The maximum Gasteiger partial charge on any atom is 0.239 e. The number of benzene rings is 1. The molecule has 7 nitrogen and oxygen atoms in total. The zero-order valence-electron chi connectivity index (χ0n) is 12.9. The summed E-state index contributed by atoms with van der Waals surface area (Å²) in [7, 11) is 0. The number of rotatable bonds is 7. The number of hydrogen-bond donors (Lipinski definition) is 2. The van der Waals surface area contributed by atoms with Crippen LogP contribution in [0, 0.1) is 0 Å². The first-order chi connectivity index (χ1) is 11.6. The van der Waals surface area contributed by atoms with Crippen LogP contribution in [0.5, 0.6) is 0 Å². The summed E-state index contributed by atoms with van der Waals surface area (Å²) in [5, 5.41) is 9.89. The van der Waals surface area contributed by atoms with Gasteiger partial charge in [0.05, 0.1) is 6.54 Å². The summed E-state index contributed by atoms with van der Waals surface area (Å²) >= 11 is 5.83. The molecular weight excluding hydrogens is 332 g/mol. The number of halogens is 1. The molecule has 8 heteroatoms. The number of carbonyl (C=O) groups is 2. The number of carbonyl (C=O) groups excluding carboxylic acids is 2. The molecule has 1 fully saturated rings. The Kier molecular flexibility index (Phi) is 5.10. The van der Waals surface area contributed by atoms with Crippen LogP contribution in [-0.4, -0.2) is 34.5 Å². The van der Waals surface area contributed by atoms with E-state index in [0.717, 1.165) is 18.4 Å². The summed E-state index contributed by atoms with van der Waals surface area (Å²) in [6.45, 7) is -0.00477. The smallest absolute Gasteiger partial charge is 0.239 e. The molecule has 1 heterocycles. The molecule has 3 rings (SSSR count). The topological polar surface area (TPSA) is 97.1 Å². The second kappa shape index (κ2) is 7.44. The minimum atomic E-state index is -0.229. The largest absolute Gasteiger partial charge is 0.352 e. The molecule has 126 valence electrons. The van der Waals surface area contributed by atoms with Gasteiger partial charge >= 0.3 is 0 Å². The Morgan fingerprint density at radius 3 is 2.67 bits per heavy atom. The van der Waals surface area contributed by atoms with E-state index < -0.39 is 0 Å². The molecule has 1 aliphatic rings. The maximum absolute atomic E-state index is 11.7. The molecule has 1 aliphatic carbocycles. The molecular formula is C16H17ClN4O3. The molecule has 0 saturated heterocycles. The normalized spacial score (nSPS) is 13.5. The van der Waals surface area contributed by atoms with Crippen LogP contribution < -0.4 is 10.6 Å². The van der Waals surface area contributed by atoms with Crippen LogP contribution in [0.1, 0.15) is 25.2 Å². The molecule has 0 atom stereocenters. The number of nitrogens with zero attached hydrogens (tertiary/aromatic N) is 2. The number of aromatic nitrogens is 2. The van der Waals surface area contributed by atoms with Crippen molar-refractivity contribution in [3.8, 4) is 11.4 Å². The van der Waals surface area contributed by atoms with Crippen molar-refractivity contribution in [3.05, 3.63) is 35.2 Å². The third-order valence-corrected chi connectivity index (χ3v) is 3.78. The Balaban J connectivity index is 1.43. The molecule has 1 saturated carbocycles. The van der Waals surface area contributed by atoms with Gasteiger partial charge in [-0.15, -0.1) is 0 Å². The number of hydrogen-bond acceptors (Lipinski definition) is 5. The summed E-state index contributed by atoms with van der Waals surface area (Å²) in [4.78, 5) is 27.5. The monoisotopic (exact) mass is 348 g/mol. The van der Waals surface area contributed by atoms with Crippen molar-refractivity contribution < 1.29 is 14.1 Å². The predicted octanol–water partition coefficient (Wildman–Crippen LogP) is 1.72.